The second-order valence-corrected chi connectivity index (χ2v) is 4.79. The Morgan fingerprint density at radius 3 is 2.33 bits per heavy atom. The SMILES string of the molecule is CN(O)C(=O)c1cncc(C(=O)OC(C)(C)C)c1. The van der Waals surface area contributed by atoms with Crippen molar-refractivity contribution >= 4 is 11.9 Å². The molecular weight excluding hydrogens is 236 g/mol. The highest BCUT2D eigenvalue weighted by molar-refractivity contribution is 5.96. The van der Waals surface area contributed by atoms with Crippen LogP contribution in [0.1, 0.15) is 41.5 Å². The summed E-state index contributed by atoms with van der Waals surface area (Å²) in [5.41, 5.74) is -0.341. The molecule has 0 aliphatic heterocycles. The second kappa shape index (κ2) is 5.14. The molecule has 1 N–H and O–H groups in total. The van der Waals surface area contributed by atoms with E-state index in [1.807, 2.05) is 0 Å². The van der Waals surface area contributed by atoms with E-state index in [9.17, 15) is 9.59 Å². The fourth-order valence-corrected chi connectivity index (χ4v) is 1.19. The van der Waals surface area contributed by atoms with Crippen molar-refractivity contribution in [1.29, 1.82) is 0 Å². The Labute approximate surface area is 105 Å². The van der Waals surface area contributed by atoms with E-state index in [0.717, 1.165) is 0 Å². The zero-order chi connectivity index (χ0) is 13.9. The molecule has 18 heavy (non-hydrogen) atoms. The lowest BCUT2D eigenvalue weighted by Gasteiger charge is -2.19. The van der Waals surface area contributed by atoms with Gasteiger partial charge in [-0.05, 0) is 26.8 Å². The van der Waals surface area contributed by atoms with Crippen LogP contribution in [0, 0.1) is 0 Å². The summed E-state index contributed by atoms with van der Waals surface area (Å²) < 4.78 is 5.15. The number of amides is 1. The highest BCUT2D eigenvalue weighted by Gasteiger charge is 2.19. The lowest BCUT2D eigenvalue weighted by atomic mass is 10.1. The van der Waals surface area contributed by atoms with Gasteiger partial charge in [0.2, 0.25) is 0 Å². The molecule has 0 fully saturated rings. The van der Waals surface area contributed by atoms with E-state index >= 15 is 0 Å². The van der Waals surface area contributed by atoms with Crippen molar-refractivity contribution in [3.05, 3.63) is 29.6 Å². The molecule has 0 unspecified atom stereocenters. The summed E-state index contributed by atoms with van der Waals surface area (Å²) in [6.07, 6.45) is 2.57. The van der Waals surface area contributed by atoms with Crippen LogP contribution in [-0.4, -0.2) is 39.8 Å². The summed E-state index contributed by atoms with van der Waals surface area (Å²) in [5, 5.41) is 9.46. The third kappa shape index (κ3) is 3.81. The quantitative estimate of drug-likeness (QED) is 0.490. The standard InChI is InChI=1S/C12H16N2O4/c1-12(2,3)18-11(16)9-5-8(6-13-7-9)10(15)14(4)17/h5-7,17H,1-4H3. The molecule has 98 valence electrons. The first kappa shape index (κ1) is 14.1. The largest absolute Gasteiger partial charge is 0.456 e. The first-order chi connectivity index (χ1) is 8.20. The van der Waals surface area contributed by atoms with Gasteiger partial charge in [-0.2, -0.15) is 0 Å². The number of esters is 1. The van der Waals surface area contributed by atoms with Crippen LogP contribution in [0.25, 0.3) is 0 Å². The topological polar surface area (TPSA) is 79.7 Å². The van der Waals surface area contributed by atoms with E-state index in [1.165, 1.54) is 25.5 Å². The Morgan fingerprint density at radius 2 is 1.83 bits per heavy atom. The van der Waals surface area contributed by atoms with Gasteiger partial charge < -0.3 is 4.74 Å². The smallest absolute Gasteiger partial charge is 0.340 e. The zero-order valence-electron chi connectivity index (χ0n) is 10.8. The molecule has 1 aromatic heterocycles. The predicted octanol–water partition coefficient (Wildman–Crippen LogP) is 1.50. The number of aromatic nitrogens is 1. The first-order valence-corrected chi connectivity index (χ1v) is 5.36. The van der Waals surface area contributed by atoms with Crippen molar-refractivity contribution in [3.63, 3.8) is 0 Å². The first-order valence-electron chi connectivity index (χ1n) is 5.36. The van der Waals surface area contributed by atoms with E-state index in [-0.39, 0.29) is 11.1 Å². The van der Waals surface area contributed by atoms with Gasteiger partial charge in [0.15, 0.2) is 0 Å². The molecule has 0 radical (unpaired) electrons. The van der Waals surface area contributed by atoms with Gasteiger partial charge in [-0.15, -0.1) is 0 Å². The molecule has 0 aromatic carbocycles. The number of hydroxylamine groups is 2. The Balaban J connectivity index is 2.96. The Morgan fingerprint density at radius 1 is 1.28 bits per heavy atom. The number of nitrogens with zero attached hydrogens (tertiary/aromatic N) is 2. The number of carbonyl (C=O) groups excluding carboxylic acids is 2. The average Bonchev–Trinajstić information content (AvgIpc) is 2.25. The van der Waals surface area contributed by atoms with E-state index in [4.69, 9.17) is 9.94 Å². The molecule has 0 aliphatic carbocycles. The monoisotopic (exact) mass is 252 g/mol. The minimum Gasteiger partial charge on any atom is -0.456 e. The molecule has 0 aliphatic rings. The normalized spacial score (nSPS) is 10.9. The van der Waals surface area contributed by atoms with Crippen molar-refractivity contribution in [2.45, 2.75) is 26.4 Å². The van der Waals surface area contributed by atoms with Crippen LogP contribution in [0.5, 0.6) is 0 Å². The molecule has 0 saturated carbocycles. The van der Waals surface area contributed by atoms with Gasteiger partial charge >= 0.3 is 5.97 Å². The summed E-state index contributed by atoms with van der Waals surface area (Å²) in [7, 11) is 1.20. The van der Waals surface area contributed by atoms with Gasteiger partial charge in [-0.1, -0.05) is 0 Å². The summed E-state index contributed by atoms with van der Waals surface area (Å²) in [4.78, 5) is 27.0. The van der Waals surface area contributed by atoms with Crippen molar-refractivity contribution in [1.82, 2.24) is 10.0 Å². The van der Waals surface area contributed by atoms with Crippen LogP contribution in [0.2, 0.25) is 0 Å². The molecule has 6 heteroatoms. The number of rotatable bonds is 2. The highest BCUT2D eigenvalue weighted by Crippen LogP contribution is 2.12. The molecule has 0 saturated heterocycles. The molecule has 1 aromatic rings. The number of hydrogen-bond donors (Lipinski definition) is 1. The molecule has 1 heterocycles. The molecule has 0 bridgehead atoms. The maximum atomic E-state index is 11.8. The van der Waals surface area contributed by atoms with E-state index < -0.39 is 17.5 Å². The molecule has 0 atom stereocenters. The Kier molecular flexibility index (Phi) is 4.03. The van der Waals surface area contributed by atoms with Crippen molar-refractivity contribution in [2.24, 2.45) is 0 Å². The fourth-order valence-electron chi connectivity index (χ4n) is 1.19. The van der Waals surface area contributed by atoms with Crippen molar-refractivity contribution in [2.75, 3.05) is 7.05 Å². The lowest BCUT2D eigenvalue weighted by molar-refractivity contribution is -0.0375. The summed E-state index contributed by atoms with van der Waals surface area (Å²) in [6.45, 7) is 5.23. The van der Waals surface area contributed by atoms with Gasteiger partial charge in [-0.3, -0.25) is 15.0 Å². The Bertz CT molecular complexity index is 463. The van der Waals surface area contributed by atoms with Crippen LogP contribution in [0.15, 0.2) is 18.5 Å². The number of hydrogen-bond acceptors (Lipinski definition) is 5. The number of carbonyl (C=O) groups is 2. The van der Waals surface area contributed by atoms with E-state index in [1.54, 1.807) is 20.8 Å². The predicted molar refractivity (Wildman–Crippen MR) is 63.3 cm³/mol. The van der Waals surface area contributed by atoms with E-state index in [2.05, 4.69) is 4.98 Å². The minimum atomic E-state index is -0.645. The van der Waals surface area contributed by atoms with Crippen LogP contribution in [0.4, 0.5) is 0 Å². The summed E-state index contributed by atoms with van der Waals surface area (Å²) in [6, 6.07) is 1.33. The Hall–Kier alpha value is -1.95. The second-order valence-electron chi connectivity index (χ2n) is 4.79. The van der Waals surface area contributed by atoms with Gasteiger partial charge in [0.05, 0.1) is 11.1 Å². The molecule has 1 rings (SSSR count). The van der Waals surface area contributed by atoms with E-state index in [0.29, 0.717) is 5.06 Å². The third-order valence-corrected chi connectivity index (χ3v) is 1.91. The van der Waals surface area contributed by atoms with Gasteiger partial charge in [-0.25, -0.2) is 9.86 Å². The van der Waals surface area contributed by atoms with Crippen LogP contribution in [-0.2, 0) is 4.74 Å². The summed E-state index contributed by atoms with van der Waals surface area (Å²) >= 11 is 0. The zero-order valence-corrected chi connectivity index (χ0v) is 10.8. The number of ether oxygens (including phenoxy) is 1. The van der Waals surface area contributed by atoms with Crippen LogP contribution in [0.3, 0.4) is 0 Å². The number of pyridine rings is 1. The van der Waals surface area contributed by atoms with Gasteiger partial charge in [0.1, 0.15) is 5.60 Å². The van der Waals surface area contributed by atoms with Gasteiger partial charge in [0.25, 0.3) is 5.91 Å². The minimum absolute atomic E-state index is 0.114. The maximum Gasteiger partial charge on any atom is 0.340 e. The average molecular weight is 252 g/mol. The van der Waals surface area contributed by atoms with Crippen molar-refractivity contribution < 1.29 is 19.5 Å². The lowest BCUT2D eigenvalue weighted by Crippen LogP contribution is -2.25. The molecule has 6 nitrogen and oxygen atoms in total. The van der Waals surface area contributed by atoms with Crippen molar-refractivity contribution in [3.8, 4) is 0 Å². The fraction of sp³-hybridized carbons (Fsp3) is 0.417. The molecule has 0 spiro atoms. The third-order valence-electron chi connectivity index (χ3n) is 1.91. The van der Waals surface area contributed by atoms with Crippen LogP contribution >= 0.6 is 0 Å². The summed E-state index contributed by atoms with van der Waals surface area (Å²) in [5.74, 6) is -1.21. The van der Waals surface area contributed by atoms with Gasteiger partial charge in [0, 0.05) is 19.4 Å². The molecular formula is C12H16N2O4. The maximum absolute atomic E-state index is 11.8. The van der Waals surface area contributed by atoms with Crippen LogP contribution < -0.4 is 0 Å². The highest BCUT2D eigenvalue weighted by atomic mass is 16.6. The molecule has 1 amide bonds.